The molecule has 0 saturated carbocycles. The minimum atomic E-state index is 0.692. The van der Waals surface area contributed by atoms with Gasteiger partial charge in [-0.3, -0.25) is 0 Å². The summed E-state index contributed by atoms with van der Waals surface area (Å²) >= 11 is 2.05. The lowest BCUT2D eigenvalue weighted by molar-refractivity contribution is 0.225. The average Bonchev–Trinajstić information content (AvgIpc) is 2.22. The molecule has 0 bridgehead atoms. The minimum Gasteiger partial charge on any atom is -0.311 e. The Balaban J connectivity index is 2.06. The molecule has 0 aliphatic carbocycles. The van der Waals surface area contributed by atoms with E-state index in [4.69, 9.17) is 0 Å². The van der Waals surface area contributed by atoms with Crippen LogP contribution < -0.4 is 5.32 Å². The predicted molar refractivity (Wildman–Crippen MR) is 70.7 cm³/mol. The Hall–Kier alpha value is 0.270. The zero-order chi connectivity index (χ0) is 11.1. The molecule has 0 amide bonds. The molecule has 1 N–H and O–H groups in total. The van der Waals surface area contributed by atoms with Crippen molar-refractivity contribution in [2.45, 2.75) is 45.2 Å². The monoisotopic (exact) mass is 230 g/mol. The van der Waals surface area contributed by atoms with Gasteiger partial charge in [0.1, 0.15) is 0 Å². The van der Waals surface area contributed by atoms with Gasteiger partial charge >= 0.3 is 0 Å². The first kappa shape index (κ1) is 13.3. The molecule has 0 radical (unpaired) electrons. The molecule has 0 aromatic rings. The molecule has 15 heavy (non-hydrogen) atoms. The fourth-order valence-corrected chi connectivity index (χ4v) is 2.87. The quantitative estimate of drug-likeness (QED) is 0.704. The highest BCUT2D eigenvalue weighted by molar-refractivity contribution is 7.99. The summed E-state index contributed by atoms with van der Waals surface area (Å²) in [5.74, 6) is 2.55. The molecule has 0 aromatic heterocycles. The average molecular weight is 230 g/mol. The fourth-order valence-electron chi connectivity index (χ4n) is 2.07. The zero-order valence-corrected chi connectivity index (χ0v) is 11.3. The van der Waals surface area contributed by atoms with Gasteiger partial charge < -0.3 is 10.2 Å². The second-order valence-electron chi connectivity index (χ2n) is 4.63. The topological polar surface area (TPSA) is 15.3 Å². The maximum Gasteiger partial charge on any atom is 0.00938 e. The highest BCUT2D eigenvalue weighted by atomic mass is 32.2. The molecule has 0 aromatic carbocycles. The third-order valence-electron chi connectivity index (χ3n) is 3.14. The predicted octanol–water partition coefficient (Wildman–Crippen LogP) is 2.20. The highest BCUT2D eigenvalue weighted by Gasteiger charge is 2.17. The van der Waals surface area contributed by atoms with E-state index < -0.39 is 0 Å². The van der Waals surface area contributed by atoms with Gasteiger partial charge in [0.15, 0.2) is 0 Å². The van der Waals surface area contributed by atoms with Crippen LogP contribution in [0.4, 0.5) is 0 Å². The second kappa shape index (κ2) is 7.53. The van der Waals surface area contributed by atoms with Crippen molar-refractivity contribution in [1.82, 2.24) is 10.2 Å². The van der Waals surface area contributed by atoms with Crippen LogP contribution in [0.25, 0.3) is 0 Å². The van der Waals surface area contributed by atoms with Crippen molar-refractivity contribution in [2.24, 2.45) is 0 Å². The normalized spacial score (nSPS) is 21.8. The standard InChI is InChI=1S/C12H26N2S/c1-4-15-10-7-11(2)13-12-5-8-14(3)9-6-12/h11-13H,4-10H2,1-3H3. The summed E-state index contributed by atoms with van der Waals surface area (Å²) in [6.07, 6.45) is 3.95. The Labute approximate surface area is 99.2 Å². The molecule has 1 aliphatic rings. The smallest absolute Gasteiger partial charge is 0.00938 e. The number of thioether (sulfide) groups is 1. The minimum absolute atomic E-state index is 0.692. The van der Waals surface area contributed by atoms with Gasteiger partial charge in [0.05, 0.1) is 0 Å². The van der Waals surface area contributed by atoms with E-state index in [-0.39, 0.29) is 0 Å². The molecular weight excluding hydrogens is 204 g/mol. The van der Waals surface area contributed by atoms with Crippen LogP contribution in [0.1, 0.15) is 33.1 Å². The summed E-state index contributed by atoms with van der Waals surface area (Å²) in [7, 11) is 2.22. The molecule has 1 saturated heterocycles. The van der Waals surface area contributed by atoms with Crippen LogP contribution in [0.15, 0.2) is 0 Å². The molecule has 1 rings (SSSR count). The van der Waals surface area contributed by atoms with Crippen LogP contribution in [-0.4, -0.2) is 48.6 Å². The largest absolute Gasteiger partial charge is 0.311 e. The molecule has 2 nitrogen and oxygen atoms in total. The molecule has 1 atom stereocenters. The van der Waals surface area contributed by atoms with E-state index in [1.165, 1.54) is 43.9 Å². The summed E-state index contributed by atoms with van der Waals surface area (Å²) in [4.78, 5) is 2.43. The van der Waals surface area contributed by atoms with Gasteiger partial charge in [-0.25, -0.2) is 0 Å². The third kappa shape index (κ3) is 5.79. The summed E-state index contributed by atoms with van der Waals surface area (Å²) in [5, 5.41) is 3.76. The molecule has 0 spiro atoms. The molecule has 1 fully saturated rings. The van der Waals surface area contributed by atoms with E-state index in [1.54, 1.807) is 0 Å². The van der Waals surface area contributed by atoms with Gasteiger partial charge in [-0.1, -0.05) is 6.92 Å². The number of hydrogen-bond donors (Lipinski definition) is 1. The maximum absolute atomic E-state index is 3.76. The molecule has 1 heterocycles. The van der Waals surface area contributed by atoms with Crippen molar-refractivity contribution in [3.8, 4) is 0 Å². The Kier molecular flexibility index (Phi) is 6.69. The van der Waals surface area contributed by atoms with Gasteiger partial charge in [-0.15, -0.1) is 0 Å². The van der Waals surface area contributed by atoms with E-state index >= 15 is 0 Å². The number of hydrogen-bond acceptors (Lipinski definition) is 3. The Bertz CT molecular complexity index is 156. The highest BCUT2D eigenvalue weighted by Crippen LogP contribution is 2.11. The van der Waals surface area contributed by atoms with Gasteiger partial charge in [-0.05, 0) is 57.8 Å². The van der Waals surface area contributed by atoms with Crippen LogP contribution in [0.3, 0.4) is 0 Å². The van der Waals surface area contributed by atoms with Crippen molar-refractivity contribution in [2.75, 3.05) is 31.6 Å². The molecular formula is C12H26N2S. The van der Waals surface area contributed by atoms with Crippen LogP contribution >= 0.6 is 11.8 Å². The van der Waals surface area contributed by atoms with E-state index in [2.05, 4.69) is 42.9 Å². The van der Waals surface area contributed by atoms with Crippen molar-refractivity contribution < 1.29 is 0 Å². The number of likely N-dealkylation sites (tertiary alicyclic amines) is 1. The number of piperidine rings is 1. The summed E-state index contributed by atoms with van der Waals surface area (Å²) in [6.45, 7) is 7.08. The fraction of sp³-hybridized carbons (Fsp3) is 1.00. The lowest BCUT2D eigenvalue weighted by Crippen LogP contribution is -2.44. The van der Waals surface area contributed by atoms with Crippen LogP contribution in [0.5, 0.6) is 0 Å². The number of rotatable bonds is 6. The Morgan fingerprint density at radius 2 is 2.07 bits per heavy atom. The van der Waals surface area contributed by atoms with Crippen molar-refractivity contribution >= 4 is 11.8 Å². The van der Waals surface area contributed by atoms with Crippen LogP contribution in [0.2, 0.25) is 0 Å². The third-order valence-corrected chi connectivity index (χ3v) is 4.07. The SMILES string of the molecule is CCSCCC(C)NC1CCN(C)CC1. The van der Waals surface area contributed by atoms with Gasteiger partial charge in [0.25, 0.3) is 0 Å². The van der Waals surface area contributed by atoms with Crippen molar-refractivity contribution in [3.63, 3.8) is 0 Å². The Morgan fingerprint density at radius 1 is 1.40 bits per heavy atom. The molecule has 1 unspecified atom stereocenters. The number of nitrogens with zero attached hydrogens (tertiary/aromatic N) is 1. The van der Waals surface area contributed by atoms with Crippen LogP contribution in [0, 0.1) is 0 Å². The summed E-state index contributed by atoms with van der Waals surface area (Å²) in [5.41, 5.74) is 0. The molecule has 3 heteroatoms. The summed E-state index contributed by atoms with van der Waals surface area (Å²) < 4.78 is 0. The van der Waals surface area contributed by atoms with E-state index in [0.717, 1.165) is 6.04 Å². The molecule has 1 aliphatic heterocycles. The van der Waals surface area contributed by atoms with Crippen molar-refractivity contribution in [3.05, 3.63) is 0 Å². The first-order valence-electron chi connectivity index (χ1n) is 6.24. The van der Waals surface area contributed by atoms with E-state index in [9.17, 15) is 0 Å². The van der Waals surface area contributed by atoms with Crippen LogP contribution in [-0.2, 0) is 0 Å². The number of nitrogens with one attached hydrogen (secondary N) is 1. The van der Waals surface area contributed by atoms with E-state index in [0.29, 0.717) is 6.04 Å². The van der Waals surface area contributed by atoms with Gasteiger partial charge in [-0.2, -0.15) is 11.8 Å². The summed E-state index contributed by atoms with van der Waals surface area (Å²) in [6, 6.07) is 1.46. The first-order chi connectivity index (χ1) is 7.22. The van der Waals surface area contributed by atoms with Gasteiger partial charge in [0, 0.05) is 12.1 Å². The molecule has 90 valence electrons. The van der Waals surface area contributed by atoms with Crippen molar-refractivity contribution in [1.29, 1.82) is 0 Å². The lowest BCUT2D eigenvalue weighted by atomic mass is 10.0. The van der Waals surface area contributed by atoms with E-state index in [1.807, 2.05) is 0 Å². The zero-order valence-electron chi connectivity index (χ0n) is 10.5. The first-order valence-corrected chi connectivity index (χ1v) is 7.40. The lowest BCUT2D eigenvalue weighted by Gasteiger charge is -2.31. The Morgan fingerprint density at radius 3 is 2.67 bits per heavy atom. The maximum atomic E-state index is 3.76. The van der Waals surface area contributed by atoms with Gasteiger partial charge in [0.2, 0.25) is 0 Å². The second-order valence-corrected chi connectivity index (χ2v) is 6.02.